The van der Waals surface area contributed by atoms with Gasteiger partial charge in [-0.1, -0.05) is 6.92 Å². The van der Waals surface area contributed by atoms with Crippen LogP contribution in [0.3, 0.4) is 0 Å². The average molecular weight is 143 g/mol. The van der Waals surface area contributed by atoms with Crippen molar-refractivity contribution in [1.82, 2.24) is 4.90 Å². The molecule has 1 fully saturated rings. The highest BCUT2D eigenvalue weighted by atomic mass is 16.3. The van der Waals surface area contributed by atoms with Gasteiger partial charge in [0.2, 0.25) is 0 Å². The Balaban J connectivity index is 2.04. The van der Waals surface area contributed by atoms with Crippen LogP contribution in [0, 0.1) is 0 Å². The van der Waals surface area contributed by atoms with Crippen LogP contribution < -0.4 is 0 Å². The summed E-state index contributed by atoms with van der Waals surface area (Å²) in [7, 11) is 2.09. The van der Waals surface area contributed by atoms with Crippen LogP contribution in [0.4, 0.5) is 0 Å². The first kappa shape index (κ1) is 8.02. The van der Waals surface area contributed by atoms with Gasteiger partial charge in [0.05, 0.1) is 5.60 Å². The summed E-state index contributed by atoms with van der Waals surface area (Å²) in [6.07, 6.45) is 2.99. The molecule has 1 rings (SSSR count). The van der Waals surface area contributed by atoms with Crippen LogP contribution in [0.2, 0.25) is 0 Å². The van der Waals surface area contributed by atoms with Gasteiger partial charge in [-0.15, -0.1) is 0 Å². The molecule has 2 heteroatoms. The standard InChI is InChI=1S/C8H17NO/c1-3-9(2)7-6-8(10)4-5-8/h10H,3-7H2,1-2H3. The molecule has 0 radical (unpaired) electrons. The summed E-state index contributed by atoms with van der Waals surface area (Å²) in [4.78, 5) is 2.23. The highest BCUT2D eigenvalue weighted by Gasteiger charge is 2.39. The third-order valence-electron chi connectivity index (χ3n) is 2.33. The molecule has 1 N–H and O–H groups in total. The van der Waals surface area contributed by atoms with Crippen molar-refractivity contribution >= 4 is 0 Å². The van der Waals surface area contributed by atoms with E-state index < -0.39 is 0 Å². The van der Waals surface area contributed by atoms with Crippen molar-refractivity contribution in [3.8, 4) is 0 Å². The molecule has 1 aliphatic carbocycles. The highest BCUT2D eigenvalue weighted by Crippen LogP contribution is 2.38. The molecule has 0 heterocycles. The Labute approximate surface area is 62.8 Å². The summed E-state index contributed by atoms with van der Waals surface area (Å²) in [6.45, 7) is 4.25. The fourth-order valence-corrected chi connectivity index (χ4v) is 0.951. The Hall–Kier alpha value is -0.0800. The van der Waals surface area contributed by atoms with Crippen LogP contribution in [0.25, 0.3) is 0 Å². The largest absolute Gasteiger partial charge is 0.390 e. The van der Waals surface area contributed by atoms with Crippen LogP contribution in [0.5, 0.6) is 0 Å². The van der Waals surface area contributed by atoms with Crippen molar-refractivity contribution in [3.05, 3.63) is 0 Å². The lowest BCUT2D eigenvalue weighted by atomic mass is 10.2. The zero-order chi connectivity index (χ0) is 7.61. The molecule has 0 aliphatic heterocycles. The SMILES string of the molecule is CCN(C)CCC1(O)CC1. The molecule has 10 heavy (non-hydrogen) atoms. The molecule has 0 spiro atoms. The monoisotopic (exact) mass is 143 g/mol. The Morgan fingerprint density at radius 2 is 2.10 bits per heavy atom. The fraction of sp³-hybridized carbons (Fsp3) is 1.00. The first-order valence-electron chi connectivity index (χ1n) is 4.07. The van der Waals surface area contributed by atoms with Gasteiger partial charge in [-0.05, 0) is 32.9 Å². The molecular weight excluding hydrogens is 126 g/mol. The maximum Gasteiger partial charge on any atom is 0.0662 e. The summed E-state index contributed by atoms with van der Waals surface area (Å²) in [5, 5.41) is 9.45. The maximum absolute atomic E-state index is 9.45. The van der Waals surface area contributed by atoms with Crippen molar-refractivity contribution in [1.29, 1.82) is 0 Å². The highest BCUT2D eigenvalue weighted by molar-refractivity contribution is 4.93. The van der Waals surface area contributed by atoms with E-state index >= 15 is 0 Å². The van der Waals surface area contributed by atoms with Gasteiger partial charge in [-0.3, -0.25) is 0 Å². The molecule has 0 atom stereocenters. The third-order valence-corrected chi connectivity index (χ3v) is 2.33. The first-order chi connectivity index (χ1) is 4.66. The molecule has 60 valence electrons. The predicted octanol–water partition coefficient (Wildman–Crippen LogP) is 0.853. The molecule has 0 aromatic rings. The van der Waals surface area contributed by atoms with E-state index in [4.69, 9.17) is 0 Å². The van der Waals surface area contributed by atoms with Gasteiger partial charge in [0.1, 0.15) is 0 Å². The maximum atomic E-state index is 9.45. The van der Waals surface area contributed by atoms with Gasteiger partial charge in [0, 0.05) is 6.54 Å². The van der Waals surface area contributed by atoms with Gasteiger partial charge >= 0.3 is 0 Å². The van der Waals surface area contributed by atoms with E-state index in [1.165, 1.54) is 0 Å². The normalized spacial score (nSPS) is 21.6. The smallest absolute Gasteiger partial charge is 0.0662 e. The second kappa shape index (κ2) is 2.89. The van der Waals surface area contributed by atoms with Crippen LogP contribution in [-0.4, -0.2) is 35.7 Å². The topological polar surface area (TPSA) is 23.5 Å². The van der Waals surface area contributed by atoms with E-state index in [0.717, 1.165) is 32.4 Å². The lowest BCUT2D eigenvalue weighted by molar-refractivity contribution is 0.125. The molecule has 0 saturated heterocycles. The third kappa shape index (κ3) is 2.27. The summed E-state index contributed by atoms with van der Waals surface area (Å²) in [5.74, 6) is 0. The van der Waals surface area contributed by atoms with Crippen molar-refractivity contribution in [2.45, 2.75) is 31.8 Å². The summed E-state index contributed by atoms with van der Waals surface area (Å²) < 4.78 is 0. The van der Waals surface area contributed by atoms with Crippen LogP contribution in [0.15, 0.2) is 0 Å². The van der Waals surface area contributed by atoms with E-state index in [-0.39, 0.29) is 5.60 Å². The van der Waals surface area contributed by atoms with E-state index in [1.807, 2.05) is 0 Å². The van der Waals surface area contributed by atoms with Gasteiger partial charge in [0.25, 0.3) is 0 Å². The average Bonchev–Trinajstić information content (AvgIpc) is 2.64. The van der Waals surface area contributed by atoms with Crippen LogP contribution >= 0.6 is 0 Å². The second-order valence-corrected chi connectivity index (χ2v) is 3.37. The second-order valence-electron chi connectivity index (χ2n) is 3.37. The van der Waals surface area contributed by atoms with Gasteiger partial charge in [-0.2, -0.15) is 0 Å². The zero-order valence-corrected chi connectivity index (χ0v) is 6.93. The number of rotatable bonds is 4. The molecule has 2 nitrogen and oxygen atoms in total. The summed E-state index contributed by atoms with van der Waals surface area (Å²) in [6, 6.07) is 0. The van der Waals surface area contributed by atoms with E-state index in [1.54, 1.807) is 0 Å². The van der Waals surface area contributed by atoms with E-state index in [0.29, 0.717) is 0 Å². The first-order valence-corrected chi connectivity index (χ1v) is 4.07. The molecule has 0 unspecified atom stereocenters. The molecule has 1 aliphatic rings. The Morgan fingerprint density at radius 3 is 2.50 bits per heavy atom. The predicted molar refractivity (Wildman–Crippen MR) is 42.0 cm³/mol. The number of hydrogen-bond donors (Lipinski definition) is 1. The molecule has 0 amide bonds. The summed E-state index contributed by atoms with van der Waals surface area (Å²) >= 11 is 0. The van der Waals surface area contributed by atoms with Crippen LogP contribution in [0.1, 0.15) is 26.2 Å². The lowest BCUT2D eigenvalue weighted by Gasteiger charge is -2.15. The quantitative estimate of drug-likeness (QED) is 0.630. The van der Waals surface area contributed by atoms with Crippen molar-refractivity contribution in [3.63, 3.8) is 0 Å². The van der Waals surface area contributed by atoms with E-state index in [9.17, 15) is 5.11 Å². The van der Waals surface area contributed by atoms with Gasteiger partial charge in [0.15, 0.2) is 0 Å². The molecule has 0 aromatic carbocycles. The molecular formula is C8H17NO. The summed E-state index contributed by atoms with van der Waals surface area (Å²) in [5.41, 5.74) is -0.260. The lowest BCUT2D eigenvalue weighted by Crippen LogP contribution is -2.23. The Morgan fingerprint density at radius 1 is 1.50 bits per heavy atom. The minimum Gasteiger partial charge on any atom is -0.390 e. The zero-order valence-electron chi connectivity index (χ0n) is 6.93. The molecule has 0 aromatic heterocycles. The Kier molecular flexibility index (Phi) is 2.32. The number of hydrogen-bond acceptors (Lipinski definition) is 2. The number of aliphatic hydroxyl groups is 1. The van der Waals surface area contributed by atoms with Crippen LogP contribution in [-0.2, 0) is 0 Å². The van der Waals surface area contributed by atoms with Crippen molar-refractivity contribution < 1.29 is 5.11 Å². The Bertz CT molecular complexity index is 110. The molecule has 0 bridgehead atoms. The van der Waals surface area contributed by atoms with Crippen molar-refractivity contribution in [2.24, 2.45) is 0 Å². The van der Waals surface area contributed by atoms with Gasteiger partial charge < -0.3 is 10.0 Å². The fourth-order valence-electron chi connectivity index (χ4n) is 0.951. The molecule has 1 saturated carbocycles. The number of nitrogens with zero attached hydrogens (tertiary/aromatic N) is 1. The minimum atomic E-state index is -0.260. The minimum absolute atomic E-state index is 0.260. The van der Waals surface area contributed by atoms with Crippen molar-refractivity contribution in [2.75, 3.05) is 20.1 Å². The van der Waals surface area contributed by atoms with E-state index in [2.05, 4.69) is 18.9 Å². The van der Waals surface area contributed by atoms with Gasteiger partial charge in [-0.25, -0.2) is 0 Å².